The monoisotopic (exact) mass is 238 g/mol. The molecule has 2 heteroatoms. The van der Waals surface area contributed by atoms with Gasteiger partial charge >= 0.3 is 0 Å². The summed E-state index contributed by atoms with van der Waals surface area (Å²) in [4.78, 5) is 12.3. The Kier molecular flexibility index (Phi) is 2.63. The molecule has 90 valence electrons. The molecule has 3 rings (SSSR count). The molecular weight excluding hydrogens is 224 g/mol. The van der Waals surface area contributed by atoms with Crippen LogP contribution in [0, 0.1) is 0 Å². The van der Waals surface area contributed by atoms with Crippen LogP contribution in [-0.2, 0) is 6.42 Å². The zero-order valence-electron chi connectivity index (χ0n) is 10.2. The van der Waals surface area contributed by atoms with Gasteiger partial charge in [-0.15, -0.1) is 0 Å². The van der Waals surface area contributed by atoms with Crippen molar-refractivity contribution < 1.29 is 9.53 Å². The Bertz CT molecular complexity index is 584. The van der Waals surface area contributed by atoms with Crippen LogP contribution in [0.3, 0.4) is 0 Å². The van der Waals surface area contributed by atoms with Crippen LogP contribution in [0.5, 0.6) is 5.75 Å². The molecule has 1 aliphatic carbocycles. The van der Waals surface area contributed by atoms with Crippen molar-refractivity contribution in [3.05, 3.63) is 65.2 Å². The number of fused-ring (bicyclic) bond motifs is 1. The third-order valence-corrected chi connectivity index (χ3v) is 3.55. The van der Waals surface area contributed by atoms with E-state index in [0.29, 0.717) is 0 Å². The van der Waals surface area contributed by atoms with Gasteiger partial charge in [-0.3, -0.25) is 4.79 Å². The van der Waals surface area contributed by atoms with Gasteiger partial charge in [0, 0.05) is 5.56 Å². The van der Waals surface area contributed by atoms with Gasteiger partial charge in [-0.25, -0.2) is 0 Å². The molecule has 2 aromatic carbocycles. The van der Waals surface area contributed by atoms with Crippen LogP contribution in [0.25, 0.3) is 0 Å². The topological polar surface area (TPSA) is 26.3 Å². The van der Waals surface area contributed by atoms with Crippen LogP contribution in [0.1, 0.15) is 27.4 Å². The van der Waals surface area contributed by atoms with Gasteiger partial charge in [-0.1, -0.05) is 24.3 Å². The Balaban J connectivity index is 1.84. The molecule has 0 amide bonds. The van der Waals surface area contributed by atoms with Crippen molar-refractivity contribution >= 4 is 5.78 Å². The van der Waals surface area contributed by atoms with Gasteiger partial charge in [0.15, 0.2) is 5.78 Å². The van der Waals surface area contributed by atoms with Crippen LogP contribution >= 0.6 is 0 Å². The summed E-state index contributed by atoms with van der Waals surface area (Å²) in [5.41, 5.74) is 3.23. The quantitative estimate of drug-likeness (QED) is 0.767. The first-order valence-corrected chi connectivity index (χ1v) is 6.05. The van der Waals surface area contributed by atoms with E-state index in [1.807, 2.05) is 42.5 Å². The minimum absolute atomic E-state index is 0.0367. The van der Waals surface area contributed by atoms with Crippen molar-refractivity contribution in [3.63, 3.8) is 0 Å². The van der Waals surface area contributed by atoms with Crippen molar-refractivity contribution in [2.75, 3.05) is 7.11 Å². The lowest BCUT2D eigenvalue weighted by atomic mass is 9.74. The molecule has 1 unspecified atom stereocenters. The summed E-state index contributed by atoms with van der Waals surface area (Å²) in [6.07, 6.45) is 0.862. The summed E-state index contributed by atoms with van der Waals surface area (Å²) in [5, 5.41) is 0. The second-order valence-electron chi connectivity index (χ2n) is 4.55. The Morgan fingerprint density at radius 3 is 2.50 bits per heavy atom. The molecule has 0 saturated carbocycles. The highest BCUT2D eigenvalue weighted by molar-refractivity contribution is 6.02. The molecule has 2 aromatic rings. The molecule has 0 aliphatic heterocycles. The van der Waals surface area contributed by atoms with Crippen molar-refractivity contribution in [1.29, 1.82) is 0 Å². The van der Waals surface area contributed by atoms with E-state index >= 15 is 0 Å². The maximum Gasteiger partial charge on any atom is 0.170 e. The van der Waals surface area contributed by atoms with Crippen molar-refractivity contribution in [1.82, 2.24) is 0 Å². The fraction of sp³-hybridized carbons (Fsp3) is 0.188. The van der Waals surface area contributed by atoms with Crippen molar-refractivity contribution in [3.8, 4) is 5.75 Å². The normalized spacial score (nSPS) is 16.6. The van der Waals surface area contributed by atoms with Gasteiger partial charge in [-0.05, 0) is 41.8 Å². The van der Waals surface area contributed by atoms with Gasteiger partial charge in [0.2, 0.25) is 0 Å². The summed E-state index contributed by atoms with van der Waals surface area (Å²) in [6.45, 7) is 0. The SMILES string of the molecule is COc1ccc(C(=O)C2Cc3ccccc32)cc1. The number of ether oxygens (including phenoxy) is 1. The molecule has 0 N–H and O–H groups in total. The van der Waals surface area contributed by atoms with Crippen molar-refractivity contribution in [2.24, 2.45) is 0 Å². The number of Topliss-reactive ketones (excluding diaryl/α,β-unsaturated/α-hetero) is 1. The van der Waals surface area contributed by atoms with E-state index in [2.05, 4.69) is 6.07 Å². The first-order valence-electron chi connectivity index (χ1n) is 6.05. The fourth-order valence-electron chi connectivity index (χ4n) is 2.45. The highest BCUT2D eigenvalue weighted by atomic mass is 16.5. The largest absolute Gasteiger partial charge is 0.497 e. The van der Waals surface area contributed by atoms with Crippen LogP contribution in [0.4, 0.5) is 0 Å². The Morgan fingerprint density at radius 2 is 1.83 bits per heavy atom. The maximum absolute atomic E-state index is 12.3. The zero-order valence-corrected chi connectivity index (χ0v) is 10.2. The third kappa shape index (κ3) is 1.70. The van der Waals surface area contributed by atoms with E-state index in [9.17, 15) is 4.79 Å². The number of rotatable bonds is 3. The summed E-state index contributed by atoms with van der Waals surface area (Å²) in [7, 11) is 1.62. The Hall–Kier alpha value is -2.09. The number of hydrogen-bond acceptors (Lipinski definition) is 2. The van der Waals surface area contributed by atoms with E-state index in [4.69, 9.17) is 4.74 Å². The first-order chi connectivity index (χ1) is 8.79. The number of hydrogen-bond donors (Lipinski definition) is 0. The molecule has 2 nitrogen and oxygen atoms in total. The molecule has 18 heavy (non-hydrogen) atoms. The molecule has 0 fully saturated rings. The number of carbonyl (C=O) groups excluding carboxylic acids is 1. The summed E-state index contributed by atoms with van der Waals surface area (Å²) >= 11 is 0. The average molecular weight is 238 g/mol. The van der Waals surface area contributed by atoms with Crippen LogP contribution in [0.2, 0.25) is 0 Å². The van der Waals surface area contributed by atoms with E-state index in [0.717, 1.165) is 17.7 Å². The summed E-state index contributed by atoms with van der Waals surface area (Å²) in [6, 6.07) is 15.5. The Morgan fingerprint density at radius 1 is 1.11 bits per heavy atom. The molecule has 0 bridgehead atoms. The predicted octanol–water partition coefficient (Wildman–Crippen LogP) is 3.22. The van der Waals surface area contributed by atoms with Gasteiger partial charge in [0.05, 0.1) is 13.0 Å². The van der Waals surface area contributed by atoms with Gasteiger partial charge < -0.3 is 4.74 Å². The fourth-order valence-corrected chi connectivity index (χ4v) is 2.45. The molecule has 0 radical (unpaired) electrons. The van der Waals surface area contributed by atoms with E-state index in [1.165, 1.54) is 11.1 Å². The lowest BCUT2D eigenvalue weighted by molar-refractivity contribution is 0.0949. The van der Waals surface area contributed by atoms with Gasteiger partial charge in [-0.2, -0.15) is 0 Å². The second-order valence-corrected chi connectivity index (χ2v) is 4.55. The molecule has 0 saturated heterocycles. The molecule has 1 aliphatic rings. The molecule has 0 heterocycles. The number of methoxy groups -OCH3 is 1. The van der Waals surface area contributed by atoms with E-state index in [-0.39, 0.29) is 11.7 Å². The second kappa shape index (κ2) is 4.30. The maximum atomic E-state index is 12.3. The van der Waals surface area contributed by atoms with E-state index < -0.39 is 0 Å². The van der Waals surface area contributed by atoms with Crippen LogP contribution in [-0.4, -0.2) is 12.9 Å². The smallest absolute Gasteiger partial charge is 0.170 e. The van der Waals surface area contributed by atoms with Crippen LogP contribution in [0.15, 0.2) is 48.5 Å². The molecular formula is C16H14O2. The Labute approximate surface area is 106 Å². The molecule has 1 atom stereocenters. The lowest BCUT2D eigenvalue weighted by Gasteiger charge is -2.28. The van der Waals surface area contributed by atoms with Gasteiger partial charge in [0.1, 0.15) is 5.75 Å². The number of carbonyl (C=O) groups is 1. The average Bonchev–Trinajstić information content (AvgIpc) is 2.40. The predicted molar refractivity (Wildman–Crippen MR) is 70.2 cm³/mol. The molecule has 0 aromatic heterocycles. The minimum atomic E-state index is 0.0367. The first kappa shape index (κ1) is 11.0. The summed E-state index contributed by atoms with van der Waals surface area (Å²) in [5.74, 6) is 1.02. The third-order valence-electron chi connectivity index (χ3n) is 3.55. The van der Waals surface area contributed by atoms with E-state index in [1.54, 1.807) is 7.11 Å². The molecule has 0 spiro atoms. The highest BCUT2D eigenvalue weighted by Gasteiger charge is 2.32. The van der Waals surface area contributed by atoms with Crippen LogP contribution < -0.4 is 4.74 Å². The van der Waals surface area contributed by atoms with Crippen molar-refractivity contribution in [2.45, 2.75) is 12.3 Å². The standard InChI is InChI=1S/C16H14O2/c1-18-13-8-6-11(7-9-13)16(17)15-10-12-4-2-3-5-14(12)15/h2-9,15H,10H2,1H3. The highest BCUT2D eigenvalue weighted by Crippen LogP contribution is 2.37. The lowest BCUT2D eigenvalue weighted by Crippen LogP contribution is -2.25. The zero-order chi connectivity index (χ0) is 12.5. The minimum Gasteiger partial charge on any atom is -0.497 e. The number of benzene rings is 2. The summed E-state index contributed by atoms with van der Waals surface area (Å²) < 4.78 is 5.09. The number of ketones is 1. The van der Waals surface area contributed by atoms with Gasteiger partial charge in [0.25, 0.3) is 0 Å².